The molecule has 3 aromatic carbocycles. The Balaban J connectivity index is 1.42. The highest BCUT2D eigenvalue weighted by Crippen LogP contribution is 2.33. The number of nitrogens with zero attached hydrogens (tertiary/aromatic N) is 1. The van der Waals surface area contributed by atoms with Crippen LogP contribution in [0, 0.1) is 5.92 Å². The monoisotopic (exact) mass is 509 g/mol. The smallest absolute Gasteiger partial charge is 0.347 e. The zero-order chi connectivity index (χ0) is 25.6. The fraction of sp³-hybridized carbons (Fsp3) is 0.321. The summed E-state index contributed by atoms with van der Waals surface area (Å²) in [4.78, 5) is 15.7. The molecular weight excluding hydrogens is 478 g/mol. The molecule has 190 valence electrons. The summed E-state index contributed by atoms with van der Waals surface area (Å²) in [5.74, 6) is -0.462. The van der Waals surface area contributed by atoms with Crippen LogP contribution in [0.2, 0.25) is 0 Å². The lowest BCUT2D eigenvalue weighted by atomic mass is 9.86. The van der Waals surface area contributed by atoms with Crippen LogP contribution in [0.25, 0.3) is 0 Å². The van der Waals surface area contributed by atoms with Gasteiger partial charge in [0.15, 0.2) is 0 Å². The highest BCUT2D eigenvalue weighted by Gasteiger charge is 2.42. The van der Waals surface area contributed by atoms with Crippen molar-refractivity contribution >= 4 is 16.1 Å². The van der Waals surface area contributed by atoms with E-state index in [1.165, 1.54) is 29.8 Å². The number of carbonyl (C=O) groups excluding carboxylic acids is 1. The molecule has 0 aliphatic carbocycles. The van der Waals surface area contributed by atoms with Crippen LogP contribution in [0.4, 0.5) is 0 Å². The lowest BCUT2D eigenvalue weighted by molar-refractivity contribution is -0.164. The van der Waals surface area contributed by atoms with Gasteiger partial charge in [0, 0.05) is 6.54 Å². The van der Waals surface area contributed by atoms with Gasteiger partial charge < -0.3 is 14.0 Å². The van der Waals surface area contributed by atoms with E-state index in [1.807, 2.05) is 18.2 Å². The molecule has 0 spiro atoms. The van der Waals surface area contributed by atoms with Crippen LogP contribution in [-0.2, 0) is 31.8 Å². The van der Waals surface area contributed by atoms with Gasteiger partial charge in [-0.05, 0) is 60.7 Å². The number of hydrogen-bond acceptors (Lipinski definition) is 7. The first-order valence-corrected chi connectivity index (χ1v) is 13.8. The SMILES string of the molecule is CS(=O)(=O)Oc1ccc([C@](O)(C(=O)OCC2CCN(Cc3ccccc3)CC2)c2ccccc2)cc1. The third-order valence-corrected chi connectivity index (χ3v) is 6.91. The van der Waals surface area contributed by atoms with Gasteiger partial charge in [-0.1, -0.05) is 72.8 Å². The summed E-state index contributed by atoms with van der Waals surface area (Å²) in [6, 6.07) is 24.7. The minimum Gasteiger partial charge on any atom is -0.463 e. The summed E-state index contributed by atoms with van der Waals surface area (Å²) >= 11 is 0. The van der Waals surface area contributed by atoms with Gasteiger partial charge in [0.05, 0.1) is 12.9 Å². The summed E-state index contributed by atoms with van der Waals surface area (Å²) in [6.45, 7) is 2.96. The van der Waals surface area contributed by atoms with Crippen molar-refractivity contribution < 1.29 is 27.2 Å². The first kappa shape index (κ1) is 25.9. The van der Waals surface area contributed by atoms with Gasteiger partial charge >= 0.3 is 16.1 Å². The molecular formula is C28H31NO6S. The van der Waals surface area contributed by atoms with Crippen LogP contribution >= 0.6 is 0 Å². The molecule has 0 amide bonds. The van der Waals surface area contributed by atoms with Gasteiger partial charge in [0.1, 0.15) is 5.75 Å². The van der Waals surface area contributed by atoms with E-state index in [1.54, 1.807) is 30.3 Å². The van der Waals surface area contributed by atoms with Gasteiger partial charge in [0.25, 0.3) is 0 Å². The average Bonchev–Trinajstić information content (AvgIpc) is 2.88. The van der Waals surface area contributed by atoms with Crippen LogP contribution in [0.1, 0.15) is 29.5 Å². The average molecular weight is 510 g/mol. The normalized spacial score (nSPS) is 16.7. The molecule has 0 unspecified atom stereocenters. The topological polar surface area (TPSA) is 93.1 Å². The molecule has 3 aromatic rings. The number of aliphatic hydroxyl groups is 1. The largest absolute Gasteiger partial charge is 0.463 e. The zero-order valence-electron chi connectivity index (χ0n) is 20.2. The number of benzene rings is 3. The van der Waals surface area contributed by atoms with Crippen molar-refractivity contribution in [3.63, 3.8) is 0 Å². The molecule has 36 heavy (non-hydrogen) atoms. The molecule has 1 atom stereocenters. The van der Waals surface area contributed by atoms with Crippen molar-refractivity contribution in [2.24, 2.45) is 5.92 Å². The molecule has 0 aromatic heterocycles. The minimum atomic E-state index is -3.69. The van der Waals surface area contributed by atoms with Gasteiger partial charge in [-0.2, -0.15) is 8.42 Å². The Bertz CT molecular complexity index is 1240. The first-order chi connectivity index (χ1) is 17.2. The highest BCUT2D eigenvalue weighted by atomic mass is 32.2. The molecule has 1 aliphatic rings. The summed E-state index contributed by atoms with van der Waals surface area (Å²) in [5, 5.41) is 11.6. The maximum atomic E-state index is 13.3. The second-order valence-electron chi connectivity index (χ2n) is 9.19. The predicted molar refractivity (Wildman–Crippen MR) is 137 cm³/mol. The van der Waals surface area contributed by atoms with Crippen LogP contribution in [-0.4, -0.2) is 50.3 Å². The number of rotatable bonds is 9. The Labute approximate surface area is 212 Å². The molecule has 1 aliphatic heterocycles. The van der Waals surface area contributed by atoms with Crippen molar-refractivity contribution in [2.45, 2.75) is 25.0 Å². The van der Waals surface area contributed by atoms with Crippen LogP contribution in [0.3, 0.4) is 0 Å². The Morgan fingerprint density at radius 1 is 0.917 bits per heavy atom. The first-order valence-electron chi connectivity index (χ1n) is 12.0. The maximum Gasteiger partial charge on any atom is 0.347 e. The third kappa shape index (κ3) is 6.51. The molecule has 1 saturated heterocycles. The van der Waals surface area contributed by atoms with E-state index in [9.17, 15) is 18.3 Å². The second kappa shape index (κ2) is 11.2. The quantitative estimate of drug-likeness (QED) is 0.347. The molecule has 8 heteroatoms. The van der Waals surface area contributed by atoms with E-state index in [2.05, 4.69) is 17.0 Å². The molecule has 1 heterocycles. The van der Waals surface area contributed by atoms with E-state index >= 15 is 0 Å². The van der Waals surface area contributed by atoms with E-state index < -0.39 is 21.7 Å². The van der Waals surface area contributed by atoms with Gasteiger partial charge in [0.2, 0.25) is 5.60 Å². The maximum absolute atomic E-state index is 13.3. The molecule has 0 saturated carbocycles. The fourth-order valence-corrected chi connectivity index (χ4v) is 4.92. The number of hydrogen-bond donors (Lipinski definition) is 1. The number of carbonyl (C=O) groups is 1. The van der Waals surface area contributed by atoms with Crippen molar-refractivity contribution in [1.29, 1.82) is 0 Å². The molecule has 0 radical (unpaired) electrons. The molecule has 0 bridgehead atoms. The molecule has 4 rings (SSSR count). The minimum absolute atomic E-state index is 0.0901. The van der Waals surface area contributed by atoms with Crippen molar-refractivity contribution in [3.05, 3.63) is 102 Å². The summed E-state index contributed by atoms with van der Waals surface area (Å²) in [6.07, 6.45) is 2.76. The fourth-order valence-electron chi connectivity index (χ4n) is 4.46. The summed E-state index contributed by atoms with van der Waals surface area (Å²) < 4.78 is 33.4. The Hall–Kier alpha value is -3.20. The predicted octanol–water partition coefficient (Wildman–Crippen LogP) is 3.72. The number of likely N-dealkylation sites (tertiary alicyclic amines) is 1. The van der Waals surface area contributed by atoms with E-state index in [-0.39, 0.29) is 23.8 Å². The summed E-state index contributed by atoms with van der Waals surface area (Å²) in [5.41, 5.74) is -0.135. The summed E-state index contributed by atoms with van der Waals surface area (Å²) in [7, 11) is -3.69. The lowest BCUT2D eigenvalue weighted by Crippen LogP contribution is -2.40. The zero-order valence-corrected chi connectivity index (χ0v) is 21.1. The van der Waals surface area contributed by atoms with Crippen LogP contribution in [0.5, 0.6) is 5.75 Å². The standard InChI is InChI=1S/C28H31NO6S/c1-36(32,33)35-26-14-12-25(13-15-26)28(31,24-10-6-3-7-11-24)27(30)34-21-23-16-18-29(19-17-23)20-22-8-4-2-5-9-22/h2-15,23,31H,16-21H2,1H3/t28-/m0/s1. The number of ether oxygens (including phenoxy) is 1. The molecule has 1 N–H and O–H groups in total. The van der Waals surface area contributed by atoms with Gasteiger partial charge in [-0.15, -0.1) is 0 Å². The van der Waals surface area contributed by atoms with Crippen molar-refractivity contribution in [2.75, 3.05) is 26.0 Å². The van der Waals surface area contributed by atoms with Crippen molar-refractivity contribution in [3.8, 4) is 5.75 Å². The van der Waals surface area contributed by atoms with Crippen LogP contribution < -0.4 is 4.18 Å². The van der Waals surface area contributed by atoms with E-state index in [4.69, 9.17) is 8.92 Å². The lowest BCUT2D eigenvalue weighted by Gasteiger charge is -2.33. The van der Waals surface area contributed by atoms with Gasteiger partial charge in [-0.25, -0.2) is 4.79 Å². The molecule has 7 nitrogen and oxygen atoms in total. The Kier molecular flexibility index (Phi) is 8.08. The second-order valence-corrected chi connectivity index (χ2v) is 10.8. The number of esters is 1. The van der Waals surface area contributed by atoms with E-state index in [0.717, 1.165) is 38.7 Å². The van der Waals surface area contributed by atoms with Crippen LogP contribution in [0.15, 0.2) is 84.9 Å². The Morgan fingerprint density at radius 3 is 2.06 bits per heavy atom. The highest BCUT2D eigenvalue weighted by molar-refractivity contribution is 7.86. The van der Waals surface area contributed by atoms with E-state index in [0.29, 0.717) is 5.56 Å². The number of piperidine rings is 1. The Morgan fingerprint density at radius 2 is 1.47 bits per heavy atom. The molecule has 1 fully saturated rings. The third-order valence-electron chi connectivity index (χ3n) is 6.41. The van der Waals surface area contributed by atoms with Crippen molar-refractivity contribution in [1.82, 2.24) is 4.90 Å². The van der Waals surface area contributed by atoms with Gasteiger partial charge in [-0.3, -0.25) is 4.90 Å².